The standard InChI is InChI=1S/C13H10BrN3OS/c1-7-12(18)16-10-6-8(2-3-11(10)19-7)9-4-5-15-13(14)17-9/h2-7H,1H3,(H,16,18). The van der Waals surface area contributed by atoms with Gasteiger partial charge in [-0.2, -0.15) is 0 Å². The Morgan fingerprint density at radius 3 is 3.00 bits per heavy atom. The summed E-state index contributed by atoms with van der Waals surface area (Å²) in [5, 5.41) is 2.87. The van der Waals surface area contributed by atoms with Crippen molar-refractivity contribution in [2.24, 2.45) is 0 Å². The molecule has 1 aliphatic rings. The van der Waals surface area contributed by atoms with Crippen molar-refractivity contribution >= 4 is 39.3 Å². The minimum absolute atomic E-state index is 0.0403. The molecular formula is C13H10BrN3OS. The highest BCUT2D eigenvalue weighted by Gasteiger charge is 2.23. The molecule has 1 unspecified atom stereocenters. The summed E-state index contributed by atoms with van der Waals surface area (Å²) in [4.78, 5) is 21.1. The molecule has 0 bridgehead atoms. The van der Waals surface area contributed by atoms with Gasteiger partial charge < -0.3 is 5.32 Å². The molecule has 2 aromatic rings. The lowest BCUT2D eigenvalue weighted by Crippen LogP contribution is -2.26. The Kier molecular flexibility index (Phi) is 3.28. The predicted octanol–water partition coefficient (Wildman–Crippen LogP) is 3.34. The van der Waals surface area contributed by atoms with Crippen LogP contribution in [0.3, 0.4) is 0 Å². The van der Waals surface area contributed by atoms with Crippen molar-refractivity contribution in [3.63, 3.8) is 0 Å². The van der Waals surface area contributed by atoms with Crippen molar-refractivity contribution < 1.29 is 4.79 Å². The van der Waals surface area contributed by atoms with Gasteiger partial charge in [0.15, 0.2) is 4.73 Å². The van der Waals surface area contributed by atoms with Crippen LogP contribution in [0.2, 0.25) is 0 Å². The average molecular weight is 336 g/mol. The largest absolute Gasteiger partial charge is 0.324 e. The molecule has 0 aliphatic carbocycles. The summed E-state index contributed by atoms with van der Waals surface area (Å²) in [7, 11) is 0. The van der Waals surface area contributed by atoms with Gasteiger partial charge in [0.05, 0.1) is 16.6 Å². The highest BCUT2D eigenvalue weighted by molar-refractivity contribution is 9.10. The SMILES string of the molecule is CC1Sc2ccc(-c3ccnc(Br)n3)cc2NC1=O. The zero-order valence-electron chi connectivity index (χ0n) is 10.1. The molecule has 96 valence electrons. The second kappa shape index (κ2) is 4.94. The van der Waals surface area contributed by atoms with Crippen LogP contribution in [-0.4, -0.2) is 21.1 Å². The minimum Gasteiger partial charge on any atom is -0.324 e. The van der Waals surface area contributed by atoms with E-state index in [1.54, 1.807) is 18.0 Å². The van der Waals surface area contributed by atoms with Gasteiger partial charge in [-0.15, -0.1) is 11.8 Å². The molecule has 1 atom stereocenters. The second-order valence-corrected chi connectivity index (χ2v) is 6.26. The van der Waals surface area contributed by atoms with Crippen molar-refractivity contribution in [3.05, 3.63) is 35.2 Å². The molecule has 6 heteroatoms. The van der Waals surface area contributed by atoms with Gasteiger partial charge in [0, 0.05) is 16.7 Å². The van der Waals surface area contributed by atoms with Gasteiger partial charge in [0.25, 0.3) is 0 Å². The van der Waals surface area contributed by atoms with E-state index in [1.807, 2.05) is 31.2 Å². The number of halogens is 1. The number of anilines is 1. The van der Waals surface area contributed by atoms with Gasteiger partial charge in [-0.25, -0.2) is 9.97 Å². The molecule has 0 saturated heterocycles. The summed E-state index contributed by atoms with van der Waals surface area (Å²) in [5.74, 6) is 0.0403. The van der Waals surface area contributed by atoms with E-state index in [2.05, 4.69) is 31.2 Å². The summed E-state index contributed by atoms with van der Waals surface area (Å²) < 4.78 is 0.551. The number of rotatable bonds is 1. The third-order valence-electron chi connectivity index (χ3n) is 2.83. The number of aromatic nitrogens is 2. The number of fused-ring (bicyclic) bond motifs is 1. The van der Waals surface area contributed by atoms with Crippen molar-refractivity contribution in [2.45, 2.75) is 17.1 Å². The van der Waals surface area contributed by atoms with Gasteiger partial charge in [0.2, 0.25) is 5.91 Å². The number of thioether (sulfide) groups is 1. The van der Waals surface area contributed by atoms with E-state index in [4.69, 9.17) is 0 Å². The highest BCUT2D eigenvalue weighted by Crippen LogP contribution is 2.37. The Morgan fingerprint density at radius 2 is 2.21 bits per heavy atom. The number of hydrogen-bond acceptors (Lipinski definition) is 4. The zero-order chi connectivity index (χ0) is 13.4. The fourth-order valence-electron chi connectivity index (χ4n) is 1.86. The van der Waals surface area contributed by atoms with E-state index >= 15 is 0 Å². The molecule has 0 radical (unpaired) electrons. The molecule has 1 N–H and O–H groups in total. The van der Waals surface area contributed by atoms with Crippen LogP contribution < -0.4 is 5.32 Å². The summed E-state index contributed by atoms with van der Waals surface area (Å²) in [6.45, 7) is 1.90. The summed E-state index contributed by atoms with van der Waals surface area (Å²) in [6, 6.07) is 7.81. The summed E-state index contributed by atoms with van der Waals surface area (Å²) in [6.07, 6.45) is 1.70. The number of nitrogens with zero attached hydrogens (tertiary/aromatic N) is 2. The maximum absolute atomic E-state index is 11.7. The average Bonchev–Trinajstić information content (AvgIpc) is 2.39. The minimum atomic E-state index is -0.0495. The smallest absolute Gasteiger partial charge is 0.237 e. The maximum Gasteiger partial charge on any atom is 0.237 e. The molecule has 1 aromatic heterocycles. The van der Waals surface area contributed by atoms with Crippen LogP contribution in [-0.2, 0) is 4.79 Å². The van der Waals surface area contributed by atoms with E-state index in [-0.39, 0.29) is 11.2 Å². The lowest BCUT2D eigenvalue weighted by molar-refractivity contribution is -0.115. The summed E-state index contributed by atoms with van der Waals surface area (Å²) in [5.41, 5.74) is 2.63. The molecule has 1 aromatic carbocycles. The third-order valence-corrected chi connectivity index (χ3v) is 4.39. The van der Waals surface area contributed by atoms with E-state index < -0.39 is 0 Å². The van der Waals surface area contributed by atoms with Crippen molar-refractivity contribution in [2.75, 3.05) is 5.32 Å². The van der Waals surface area contributed by atoms with Crippen LogP contribution >= 0.6 is 27.7 Å². The Morgan fingerprint density at radius 1 is 1.37 bits per heavy atom. The van der Waals surface area contributed by atoms with E-state index in [1.165, 1.54) is 0 Å². The maximum atomic E-state index is 11.7. The van der Waals surface area contributed by atoms with Gasteiger partial charge in [0.1, 0.15) is 0 Å². The Bertz CT molecular complexity index is 662. The van der Waals surface area contributed by atoms with E-state index in [0.29, 0.717) is 4.73 Å². The fraction of sp³-hybridized carbons (Fsp3) is 0.154. The fourth-order valence-corrected chi connectivity index (χ4v) is 3.10. The van der Waals surface area contributed by atoms with Crippen molar-refractivity contribution in [1.29, 1.82) is 0 Å². The Balaban J connectivity index is 2.02. The van der Waals surface area contributed by atoms with Crippen LogP contribution in [0, 0.1) is 0 Å². The molecular weight excluding hydrogens is 326 g/mol. The van der Waals surface area contributed by atoms with Crippen LogP contribution in [0.5, 0.6) is 0 Å². The van der Waals surface area contributed by atoms with Crippen molar-refractivity contribution in [3.8, 4) is 11.3 Å². The van der Waals surface area contributed by atoms with E-state index in [0.717, 1.165) is 21.8 Å². The molecule has 3 rings (SSSR count). The Hall–Kier alpha value is -1.40. The number of carbonyl (C=O) groups excluding carboxylic acids is 1. The molecule has 1 amide bonds. The van der Waals surface area contributed by atoms with Crippen LogP contribution in [0.25, 0.3) is 11.3 Å². The highest BCUT2D eigenvalue weighted by atomic mass is 79.9. The lowest BCUT2D eigenvalue weighted by Gasteiger charge is -2.21. The van der Waals surface area contributed by atoms with Crippen molar-refractivity contribution in [1.82, 2.24) is 9.97 Å². The molecule has 1 aliphatic heterocycles. The number of nitrogens with one attached hydrogen (secondary N) is 1. The first kappa shape index (κ1) is 12.6. The summed E-state index contributed by atoms with van der Waals surface area (Å²) >= 11 is 4.83. The molecule has 0 saturated carbocycles. The molecule has 0 spiro atoms. The predicted molar refractivity (Wildman–Crippen MR) is 79.1 cm³/mol. The number of amides is 1. The van der Waals surface area contributed by atoms with Gasteiger partial charge in [-0.1, -0.05) is 6.07 Å². The van der Waals surface area contributed by atoms with Crippen LogP contribution in [0.15, 0.2) is 40.1 Å². The van der Waals surface area contributed by atoms with Gasteiger partial charge in [-0.05, 0) is 41.1 Å². The number of carbonyl (C=O) groups is 1. The number of hydrogen-bond donors (Lipinski definition) is 1. The third kappa shape index (κ3) is 2.50. The van der Waals surface area contributed by atoms with Crippen LogP contribution in [0.4, 0.5) is 5.69 Å². The zero-order valence-corrected chi connectivity index (χ0v) is 12.5. The quantitative estimate of drug-likeness (QED) is 0.812. The molecule has 2 heterocycles. The first-order valence-electron chi connectivity index (χ1n) is 5.74. The van der Waals surface area contributed by atoms with E-state index in [9.17, 15) is 4.79 Å². The second-order valence-electron chi connectivity index (χ2n) is 4.17. The lowest BCUT2D eigenvalue weighted by atomic mass is 10.1. The van der Waals surface area contributed by atoms with Gasteiger partial charge >= 0.3 is 0 Å². The first-order chi connectivity index (χ1) is 9.13. The van der Waals surface area contributed by atoms with Gasteiger partial charge in [-0.3, -0.25) is 4.79 Å². The monoisotopic (exact) mass is 335 g/mol. The molecule has 19 heavy (non-hydrogen) atoms. The number of benzene rings is 1. The topological polar surface area (TPSA) is 54.9 Å². The molecule has 0 fully saturated rings. The molecule has 4 nitrogen and oxygen atoms in total. The Labute approximate surface area is 123 Å². The first-order valence-corrected chi connectivity index (χ1v) is 7.41. The van der Waals surface area contributed by atoms with Crippen LogP contribution in [0.1, 0.15) is 6.92 Å². The normalized spacial score (nSPS) is 17.8.